The first-order chi connectivity index (χ1) is 7.50. The van der Waals surface area contributed by atoms with E-state index in [4.69, 9.17) is 5.73 Å². The van der Waals surface area contributed by atoms with Crippen molar-refractivity contribution in [1.29, 1.82) is 0 Å². The Bertz CT molecular complexity index is 372. The van der Waals surface area contributed by atoms with E-state index in [0.29, 0.717) is 25.7 Å². The highest BCUT2D eigenvalue weighted by molar-refractivity contribution is 7.89. The fourth-order valence-electron chi connectivity index (χ4n) is 2.54. The molecule has 0 aromatic rings. The van der Waals surface area contributed by atoms with E-state index in [1.807, 2.05) is 0 Å². The zero-order chi connectivity index (χ0) is 11.8. The number of carbonyl (C=O) groups excluding carboxylic acids is 1. The second-order valence-electron chi connectivity index (χ2n) is 4.68. The fourth-order valence-corrected chi connectivity index (χ4v) is 4.31. The van der Waals surface area contributed by atoms with Crippen molar-refractivity contribution < 1.29 is 13.2 Å². The Kier molecular flexibility index (Phi) is 3.21. The van der Waals surface area contributed by atoms with Crippen LogP contribution in [0.3, 0.4) is 0 Å². The number of sulfonamides is 1. The maximum Gasteiger partial charge on any atom is 0.237 e. The molecule has 6 heteroatoms. The van der Waals surface area contributed by atoms with E-state index in [2.05, 4.69) is 0 Å². The van der Waals surface area contributed by atoms with Gasteiger partial charge in [0.15, 0.2) is 0 Å². The van der Waals surface area contributed by atoms with Gasteiger partial charge in [-0.1, -0.05) is 0 Å². The Morgan fingerprint density at radius 3 is 2.38 bits per heavy atom. The maximum absolute atomic E-state index is 11.8. The molecule has 16 heavy (non-hydrogen) atoms. The molecule has 92 valence electrons. The molecule has 1 heterocycles. The van der Waals surface area contributed by atoms with Gasteiger partial charge in [0.2, 0.25) is 15.9 Å². The third kappa shape index (κ3) is 2.22. The molecule has 1 aliphatic heterocycles. The van der Waals surface area contributed by atoms with Crippen LogP contribution >= 0.6 is 0 Å². The van der Waals surface area contributed by atoms with Crippen LogP contribution in [0.25, 0.3) is 0 Å². The molecule has 0 aromatic carbocycles. The van der Waals surface area contributed by atoms with Crippen LogP contribution in [0, 0.1) is 0 Å². The number of nitrogens with two attached hydrogens (primary N) is 1. The Balaban J connectivity index is 2.14. The Morgan fingerprint density at radius 2 is 1.81 bits per heavy atom. The van der Waals surface area contributed by atoms with Gasteiger partial charge in [-0.05, 0) is 32.1 Å². The van der Waals surface area contributed by atoms with Crippen molar-refractivity contribution in [2.75, 3.05) is 5.75 Å². The van der Waals surface area contributed by atoms with E-state index in [1.54, 1.807) is 0 Å². The standard InChI is InChI=1S/C10H18N2O3S/c11-8-3-5-9(6-4-8)12-10(13)2-1-7-16(12,14)15/h8-9H,1-7,11H2. The first kappa shape index (κ1) is 11.9. The smallest absolute Gasteiger partial charge is 0.237 e. The molecule has 2 fully saturated rings. The van der Waals surface area contributed by atoms with E-state index in [0.717, 1.165) is 17.1 Å². The summed E-state index contributed by atoms with van der Waals surface area (Å²) in [5.74, 6) is -0.117. The van der Waals surface area contributed by atoms with Crippen molar-refractivity contribution in [3.8, 4) is 0 Å². The van der Waals surface area contributed by atoms with Gasteiger partial charge < -0.3 is 5.73 Å². The number of hydrogen-bond acceptors (Lipinski definition) is 4. The van der Waals surface area contributed by atoms with Crippen LogP contribution in [0.4, 0.5) is 0 Å². The lowest BCUT2D eigenvalue weighted by Gasteiger charge is -2.37. The molecule has 0 unspecified atom stereocenters. The van der Waals surface area contributed by atoms with Crippen molar-refractivity contribution in [3.63, 3.8) is 0 Å². The maximum atomic E-state index is 11.8. The van der Waals surface area contributed by atoms with E-state index in [1.165, 1.54) is 0 Å². The van der Waals surface area contributed by atoms with Gasteiger partial charge >= 0.3 is 0 Å². The minimum Gasteiger partial charge on any atom is -0.328 e. The number of amides is 1. The molecule has 0 radical (unpaired) electrons. The summed E-state index contributed by atoms with van der Waals surface area (Å²) in [6.45, 7) is 0. The molecule has 1 amide bonds. The van der Waals surface area contributed by atoms with E-state index in [-0.39, 0.29) is 23.7 Å². The molecule has 1 saturated heterocycles. The summed E-state index contributed by atoms with van der Waals surface area (Å²) >= 11 is 0. The largest absolute Gasteiger partial charge is 0.328 e. The quantitative estimate of drug-likeness (QED) is 0.717. The summed E-state index contributed by atoms with van der Waals surface area (Å²) in [5, 5.41) is 0. The van der Waals surface area contributed by atoms with E-state index < -0.39 is 10.0 Å². The SMILES string of the molecule is NC1CCC(N2C(=O)CCCS2(=O)=O)CC1. The molecule has 2 N–H and O–H groups in total. The average Bonchev–Trinajstić information content (AvgIpc) is 2.19. The lowest BCUT2D eigenvalue weighted by molar-refractivity contribution is -0.129. The van der Waals surface area contributed by atoms with Gasteiger partial charge in [-0.25, -0.2) is 12.7 Å². The molecule has 2 rings (SSSR count). The molecule has 2 aliphatic rings. The molecule has 0 atom stereocenters. The monoisotopic (exact) mass is 246 g/mol. The normalized spacial score (nSPS) is 35.1. The summed E-state index contributed by atoms with van der Waals surface area (Å²) in [4.78, 5) is 11.7. The molecule has 5 nitrogen and oxygen atoms in total. The Hall–Kier alpha value is -0.620. The fraction of sp³-hybridized carbons (Fsp3) is 0.900. The van der Waals surface area contributed by atoms with Crippen molar-refractivity contribution in [2.45, 2.75) is 50.6 Å². The highest BCUT2D eigenvalue weighted by atomic mass is 32.2. The van der Waals surface area contributed by atoms with Crippen molar-refractivity contribution in [2.24, 2.45) is 5.73 Å². The zero-order valence-corrected chi connectivity index (χ0v) is 10.1. The van der Waals surface area contributed by atoms with Crippen molar-refractivity contribution >= 4 is 15.9 Å². The minimum atomic E-state index is -3.35. The summed E-state index contributed by atoms with van der Waals surface area (Å²) in [5.41, 5.74) is 5.78. The van der Waals surface area contributed by atoms with Gasteiger partial charge in [-0.2, -0.15) is 0 Å². The summed E-state index contributed by atoms with van der Waals surface area (Å²) in [6, 6.07) is 0.0245. The topological polar surface area (TPSA) is 80.5 Å². The van der Waals surface area contributed by atoms with Gasteiger partial charge in [0.05, 0.1) is 5.75 Å². The highest BCUT2D eigenvalue weighted by Gasteiger charge is 2.38. The van der Waals surface area contributed by atoms with Crippen LogP contribution in [0.15, 0.2) is 0 Å². The highest BCUT2D eigenvalue weighted by Crippen LogP contribution is 2.27. The molecule has 1 aliphatic carbocycles. The average molecular weight is 246 g/mol. The summed E-state index contributed by atoms with van der Waals surface area (Å²) < 4.78 is 24.8. The summed E-state index contributed by atoms with van der Waals surface area (Å²) in [6.07, 6.45) is 3.87. The summed E-state index contributed by atoms with van der Waals surface area (Å²) in [7, 11) is -3.35. The van der Waals surface area contributed by atoms with Crippen molar-refractivity contribution in [3.05, 3.63) is 0 Å². The lowest BCUT2D eigenvalue weighted by atomic mass is 9.91. The first-order valence-electron chi connectivity index (χ1n) is 5.81. The van der Waals surface area contributed by atoms with Crippen LogP contribution in [-0.4, -0.2) is 36.5 Å². The molecule has 0 bridgehead atoms. The van der Waals surface area contributed by atoms with Crippen LogP contribution in [0.2, 0.25) is 0 Å². The molecular weight excluding hydrogens is 228 g/mol. The Morgan fingerprint density at radius 1 is 1.19 bits per heavy atom. The van der Waals surface area contributed by atoms with E-state index in [9.17, 15) is 13.2 Å². The number of carbonyl (C=O) groups is 1. The van der Waals surface area contributed by atoms with Gasteiger partial charge in [-0.15, -0.1) is 0 Å². The number of nitrogens with zero attached hydrogens (tertiary/aromatic N) is 1. The molecule has 1 saturated carbocycles. The van der Waals surface area contributed by atoms with Crippen LogP contribution < -0.4 is 5.73 Å². The first-order valence-corrected chi connectivity index (χ1v) is 7.42. The predicted octanol–water partition coefficient (Wildman–Crippen LogP) is 0.208. The minimum absolute atomic E-state index is 0.112. The molecule has 0 spiro atoms. The second kappa shape index (κ2) is 4.33. The van der Waals surface area contributed by atoms with Crippen LogP contribution in [0.5, 0.6) is 0 Å². The van der Waals surface area contributed by atoms with Gasteiger partial charge in [0.1, 0.15) is 0 Å². The number of hydrogen-bond donors (Lipinski definition) is 1. The molecular formula is C10H18N2O3S. The molecule has 0 aromatic heterocycles. The predicted molar refractivity (Wildman–Crippen MR) is 60.1 cm³/mol. The van der Waals surface area contributed by atoms with Gasteiger partial charge in [0, 0.05) is 18.5 Å². The van der Waals surface area contributed by atoms with Gasteiger partial charge in [0.25, 0.3) is 0 Å². The van der Waals surface area contributed by atoms with E-state index >= 15 is 0 Å². The van der Waals surface area contributed by atoms with Crippen LogP contribution in [-0.2, 0) is 14.8 Å². The van der Waals surface area contributed by atoms with Crippen LogP contribution in [0.1, 0.15) is 38.5 Å². The zero-order valence-electron chi connectivity index (χ0n) is 9.26. The van der Waals surface area contributed by atoms with Gasteiger partial charge in [-0.3, -0.25) is 4.79 Å². The third-order valence-electron chi connectivity index (χ3n) is 3.41. The van der Waals surface area contributed by atoms with Crippen molar-refractivity contribution in [1.82, 2.24) is 4.31 Å². The lowest BCUT2D eigenvalue weighted by Crippen LogP contribution is -2.50. The third-order valence-corrected chi connectivity index (χ3v) is 5.32. The number of rotatable bonds is 1. The Labute approximate surface area is 96.0 Å². The second-order valence-corrected chi connectivity index (χ2v) is 6.64.